The summed E-state index contributed by atoms with van der Waals surface area (Å²) in [7, 11) is 8.46. The van der Waals surface area contributed by atoms with Crippen LogP contribution in [0.1, 0.15) is 120 Å². The number of likely N-dealkylation sites (N-methyl/N-ethyl adjacent to an activating group) is 2. The molecule has 4 aromatic rings. The Morgan fingerprint density at radius 3 is 1.45 bits per heavy atom. The highest BCUT2D eigenvalue weighted by molar-refractivity contribution is 9.10. The third-order valence-corrected chi connectivity index (χ3v) is 14.0. The van der Waals surface area contributed by atoms with Crippen LogP contribution in [0.4, 0.5) is 9.59 Å². The largest absolute Gasteiger partial charge is 0.444 e. The molecule has 12 nitrogen and oxygen atoms in total. The van der Waals surface area contributed by atoms with E-state index in [1.165, 1.54) is 27.6 Å². The molecule has 0 aliphatic carbocycles. The van der Waals surface area contributed by atoms with E-state index >= 15 is 0 Å². The average molecular weight is 1060 g/mol. The van der Waals surface area contributed by atoms with Crippen LogP contribution in [0.2, 0.25) is 0 Å². The van der Waals surface area contributed by atoms with Crippen molar-refractivity contribution < 1.29 is 19.1 Å². The summed E-state index contributed by atoms with van der Waals surface area (Å²) >= 11 is 9.73. The first-order chi connectivity index (χ1) is 32.0. The maximum absolute atomic E-state index is 12.3. The minimum atomic E-state index is -0.436. The third kappa shape index (κ3) is 20.6. The van der Waals surface area contributed by atoms with Crippen molar-refractivity contribution in [2.45, 2.75) is 151 Å². The summed E-state index contributed by atoms with van der Waals surface area (Å²) in [6.45, 7) is 32.2. The number of carbonyl (C=O) groups excluding carboxylic acids is 2. The van der Waals surface area contributed by atoms with Gasteiger partial charge in [-0.3, -0.25) is 0 Å². The van der Waals surface area contributed by atoms with E-state index in [2.05, 4.69) is 154 Å². The fourth-order valence-corrected chi connectivity index (χ4v) is 10.0. The monoisotopic (exact) mass is 1060 g/mol. The van der Waals surface area contributed by atoms with Gasteiger partial charge in [-0.05, 0) is 160 Å². The van der Waals surface area contributed by atoms with E-state index in [4.69, 9.17) is 19.4 Å². The van der Waals surface area contributed by atoms with Crippen molar-refractivity contribution >= 4 is 74.6 Å². The molecule has 2 amide bonds. The minimum Gasteiger partial charge on any atom is -0.444 e. The molecular formula is C54H89BrN8O4S2. The molecule has 4 heterocycles. The lowest BCUT2D eigenvalue weighted by molar-refractivity contribution is 0.0181. The van der Waals surface area contributed by atoms with Crippen molar-refractivity contribution in [1.29, 1.82) is 0 Å². The van der Waals surface area contributed by atoms with Crippen LogP contribution in [0.3, 0.4) is 0 Å². The third-order valence-electron chi connectivity index (χ3n) is 11.8. The molecule has 2 aliphatic rings. The van der Waals surface area contributed by atoms with Gasteiger partial charge in [-0.1, -0.05) is 57.5 Å². The number of rotatable bonds is 12. The standard InChI is InChI=1S/C27H44N4O2S.C16H24BrN3.C11H21NO2S/c1-26(2,3)18-24-28-22-17-21(9-10-23(22)31(24)16-15-29(7)8)34-19-20-11-13-30(14-12-20)25(32)33-27(4,5)6;1-16(2,3)11-15-18-13-10-12(17)6-7-14(13)20(15)9-8-19(4)5;1-11(2,3)14-10(13)12-6-4-9(8-15)5-7-12/h9-10,17,20H,11-16,18-19H2,1-8H3;6-7,10H,8-9,11H2,1-5H3;9,15H,4-8H2,1-3H3. The van der Waals surface area contributed by atoms with Crippen molar-refractivity contribution in [2.75, 3.05) is 79.0 Å². The summed E-state index contributed by atoms with van der Waals surface area (Å²) in [5.41, 5.74) is 4.26. The first-order valence-electron chi connectivity index (χ1n) is 25.1. The van der Waals surface area contributed by atoms with Gasteiger partial charge in [0.15, 0.2) is 0 Å². The van der Waals surface area contributed by atoms with Gasteiger partial charge in [-0.2, -0.15) is 12.6 Å². The molecule has 0 bridgehead atoms. The molecule has 2 aromatic carbocycles. The maximum Gasteiger partial charge on any atom is 0.410 e. The number of hydrogen-bond donors (Lipinski definition) is 1. The van der Waals surface area contributed by atoms with Crippen molar-refractivity contribution in [2.24, 2.45) is 22.7 Å². The number of imidazole rings is 2. The molecule has 388 valence electrons. The number of ether oxygens (including phenoxy) is 2. The smallest absolute Gasteiger partial charge is 0.410 e. The van der Waals surface area contributed by atoms with Crippen molar-refractivity contribution in [3.05, 3.63) is 52.5 Å². The molecule has 15 heteroatoms. The molecule has 0 N–H and O–H groups in total. The molecule has 0 spiro atoms. The number of hydrogen-bond acceptors (Lipinski definition) is 10. The number of piperidine rings is 2. The fourth-order valence-electron chi connectivity index (χ4n) is 8.17. The molecule has 2 fully saturated rings. The fraction of sp³-hybridized carbons (Fsp3) is 0.704. The number of aromatic nitrogens is 4. The highest BCUT2D eigenvalue weighted by Gasteiger charge is 2.28. The highest BCUT2D eigenvalue weighted by Crippen LogP contribution is 2.32. The van der Waals surface area contributed by atoms with Crippen molar-refractivity contribution in [3.8, 4) is 0 Å². The second-order valence-electron chi connectivity index (χ2n) is 24.0. The van der Waals surface area contributed by atoms with Crippen LogP contribution in [0.15, 0.2) is 45.8 Å². The SMILES string of the molecule is CC(C)(C)OC(=O)N1CCC(CS)CC1.CN(C)CCn1c(CC(C)(C)C)nc2cc(Br)ccc21.CN(C)CCn1c(CC(C)(C)C)nc2cc(SCC3CCN(C(=O)OC(C)(C)C)CC3)ccc21. The number of benzene rings is 2. The lowest BCUT2D eigenvalue weighted by Gasteiger charge is -2.33. The number of likely N-dealkylation sites (tertiary alicyclic amines) is 2. The van der Waals surface area contributed by atoms with Crippen molar-refractivity contribution in [1.82, 2.24) is 38.7 Å². The zero-order valence-electron chi connectivity index (χ0n) is 45.4. The maximum atomic E-state index is 12.3. The van der Waals surface area contributed by atoms with E-state index in [9.17, 15) is 9.59 Å². The van der Waals surface area contributed by atoms with Gasteiger partial charge in [0.05, 0.1) is 22.1 Å². The van der Waals surface area contributed by atoms with Crippen LogP contribution in [0.5, 0.6) is 0 Å². The predicted molar refractivity (Wildman–Crippen MR) is 296 cm³/mol. The van der Waals surface area contributed by atoms with E-state index in [-0.39, 0.29) is 23.0 Å². The molecule has 2 saturated heterocycles. The van der Waals surface area contributed by atoms with Crippen LogP contribution < -0.4 is 0 Å². The number of thiol groups is 1. The topological polar surface area (TPSA) is 101 Å². The second kappa shape index (κ2) is 25.6. The minimum absolute atomic E-state index is 0.180. The number of nitrogens with zero attached hydrogens (tertiary/aromatic N) is 8. The van der Waals surface area contributed by atoms with Gasteiger partial charge in [-0.15, -0.1) is 11.8 Å². The Balaban J connectivity index is 0.000000250. The zero-order valence-corrected chi connectivity index (χ0v) is 48.7. The Bertz CT molecular complexity index is 2230. The normalized spacial score (nSPS) is 15.7. The number of carbonyl (C=O) groups is 2. The molecular weight excluding hydrogens is 969 g/mol. The Labute approximate surface area is 434 Å². The first-order valence-corrected chi connectivity index (χ1v) is 27.5. The predicted octanol–water partition coefficient (Wildman–Crippen LogP) is 12.4. The Morgan fingerprint density at radius 2 is 1.06 bits per heavy atom. The molecule has 0 radical (unpaired) electrons. The van der Waals surface area contributed by atoms with E-state index in [1.807, 2.05) is 58.2 Å². The van der Waals surface area contributed by atoms with Crippen LogP contribution in [-0.2, 0) is 35.4 Å². The molecule has 0 atom stereocenters. The number of amides is 2. The lowest BCUT2D eigenvalue weighted by atomic mass is 9.92. The summed E-state index contributed by atoms with van der Waals surface area (Å²) < 4.78 is 16.7. The Morgan fingerprint density at radius 1 is 0.652 bits per heavy atom. The van der Waals surface area contributed by atoms with Gasteiger partial charge in [-0.25, -0.2) is 19.6 Å². The molecule has 0 unspecified atom stereocenters. The number of fused-ring (bicyclic) bond motifs is 2. The first kappa shape index (κ1) is 58.6. The average Bonchev–Trinajstić information content (AvgIpc) is 3.73. The summed E-state index contributed by atoms with van der Waals surface area (Å²) in [5, 5.41) is 0. The van der Waals surface area contributed by atoms with E-state index in [0.29, 0.717) is 11.8 Å². The van der Waals surface area contributed by atoms with Gasteiger partial charge >= 0.3 is 12.2 Å². The molecule has 2 aromatic heterocycles. The summed E-state index contributed by atoms with van der Waals surface area (Å²) in [5.74, 6) is 5.64. The molecule has 0 saturated carbocycles. The van der Waals surface area contributed by atoms with Crippen LogP contribution in [0.25, 0.3) is 22.1 Å². The van der Waals surface area contributed by atoms with Gasteiger partial charge in [0, 0.05) is 80.3 Å². The highest BCUT2D eigenvalue weighted by atomic mass is 79.9. The number of thioether (sulfide) groups is 1. The van der Waals surface area contributed by atoms with Gasteiger partial charge in [0.2, 0.25) is 0 Å². The summed E-state index contributed by atoms with van der Waals surface area (Å²) in [6, 6.07) is 13.1. The van der Waals surface area contributed by atoms with Gasteiger partial charge in [0.1, 0.15) is 22.9 Å². The van der Waals surface area contributed by atoms with E-state index in [1.54, 1.807) is 4.90 Å². The zero-order chi connectivity index (χ0) is 51.5. The summed E-state index contributed by atoms with van der Waals surface area (Å²) in [4.78, 5) is 43.3. The van der Waals surface area contributed by atoms with Crippen LogP contribution in [0, 0.1) is 22.7 Å². The van der Waals surface area contributed by atoms with Crippen LogP contribution in [-0.4, -0.2) is 141 Å². The molecule has 2 aliphatic heterocycles. The van der Waals surface area contributed by atoms with Gasteiger partial charge < -0.3 is 38.2 Å². The van der Waals surface area contributed by atoms with Crippen LogP contribution >= 0.6 is 40.3 Å². The van der Waals surface area contributed by atoms with E-state index < -0.39 is 11.2 Å². The van der Waals surface area contributed by atoms with Crippen molar-refractivity contribution in [3.63, 3.8) is 0 Å². The van der Waals surface area contributed by atoms with Gasteiger partial charge in [0.25, 0.3) is 0 Å². The quantitative estimate of drug-likeness (QED) is 0.110. The lowest BCUT2D eigenvalue weighted by Crippen LogP contribution is -2.42. The second-order valence-corrected chi connectivity index (χ2v) is 26.4. The molecule has 69 heavy (non-hydrogen) atoms. The number of halogens is 1. The Hall–Kier alpha value is -2.98. The summed E-state index contributed by atoms with van der Waals surface area (Å²) in [6.07, 6.45) is 5.75. The molecule has 6 rings (SSSR count). The van der Waals surface area contributed by atoms with E-state index in [0.717, 1.165) is 118 Å². The Kier molecular flexibility index (Phi) is 21.7.